The van der Waals surface area contributed by atoms with Crippen molar-refractivity contribution in [2.45, 2.75) is 26.8 Å². The van der Waals surface area contributed by atoms with Gasteiger partial charge in [-0.15, -0.1) is 0 Å². The van der Waals surface area contributed by atoms with E-state index in [2.05, 4.69) is 29.2 Å². The second kappa shape index (κ2) is 5.82. The fourth-order valence-electron chi connectivity index (χ4n) is 1.79. The van der Waals surface area contributed by atoms with Gasteiger partial charge in [0.05, 0.1) is 18.8 Å². The SMILES string of the molecule is CCOCC(Nc1nccn2nccc12)C(C)C. The first-order valence-electron chi connectivity index (χ1n) is 6.35. The smallest absolute Gasteiger partial charge is 0.152 e. The highest BCUT2D eigenvalue weighted by molar-refractivity contribution is 5.67. The topological polar surface area (TPSA) is 51.5 Å². The number of anilines is 1. The van der Waals surface area contributed by atoms with Crippen LogP contribution in [-0.4, -0.2) is 33.9 Å². The Bertz CT molecular complexity index is 494. The maximum absolute atomic E-state index is 5.51. The van der Waals surface area contributed by atoms with Gasteiger partial charge in [0.25, 0.3) is 0 Å². The van der Waals surface area contributed by atoms with Crippen LogP contribution in [0.1, 0.15) is 20.8 Å². The Labute approximate surface area is 107 Å². The molecule has 0 radical (unpaired) electrons. The summed E-state index contributed by atoms with van der Waals surface area (Å²) in [6.07, 6.45) is 5.36. The van der Waals surface area contributed by atoms with Gasteiger partial charge in [-0.05, 0) is 18.9 Å². The fourth-order valence-corrected chi connectivity index (χ4v) is 1.79. The minimum absolute atomic E-state index is 0.249. The first-order chi connectivity index (χ1) is 8.72. The molecule has 2 heterocycles. The number of fused-ring (bicyclic) bond motifs is 1. The molecular weight excluding hydrogens is 228 g/mol. The largest absolute Gasteiger partial charge is 0.380 e. The van der Waals surface area contributed by atoms with Crippen LogP contribution in [0.4, 0.5) is 5.82 Å². The number of nitrogens with one attached hydrogen (secondary N) is 1. The standard InChI is InChI=1S/C13H20N4O/c1-4-18-9-11(10(2)3)16-13-12-5-6-15-17(12)8-7-14-13/h5-8,10-11H,4,9H2,1-3H3,(H,14,16). The molecule has 0 aromatic carbocycles. The van der Waals surface area contributed by atoms with E-state index in [-0.39, 0.29) is 6.04 Å². The van der Waals surface area contributed by atoms with Crippen molar-refractivity contribution in [1.82, 2.24) is 14.6 Å². The Morgan fingerprint density at radius 2 is 2.22 bits per heavy atom. The lowest BCUT2D eigenvalue weighted by atomic mass is 10.1. The van der Waals surface area contributed by atoms with Crippen LogP contribution in [0.25, 0.3) is 5.52 Å². The van der Waals surface area contributed by atoms with E-state index >= 15 is 0 Å². The maximum atomic E-state index is 5.51. The highest BCUT2D eigenvalue weighted by Crippen LogP contribution is 2.16. The van der Waals surface area contributed by atoms with Crippen LogP contribution in [0.15, 0.2) is 24.7 Å². The second-order valence-electron chi connectivity index (χ2n) is 4.59. The minimum Gasteiger partial charge on any atom is -0.380 e. The predicted molar refractivity (Wildman–Crippen MR) is 71.7 cm³/mol. The summed E-state index contributed by atoms with van der Waals surface area (Å²) in [5.41, 5.74) is 0.986. The lowest BCUT2D eigenvalue weighted by Gasteiger charge is -2.22. The van der Waals surface area contributed by atoms with Crippen LogP contribution in [0, 0.1) is 5.92 Å². The summed E-state index contributed by atoms with van der Waals surface area (Å²) in [5.74, 6) is 1.33. The van der Waals surface area contributed by atoms with Crippen LogP contribution >= 0.6 is 0 Å². The van der Waals surface area contributed by atoms with Gasteiger partial charge >= 0.3 is 0 Å². The van der Waals surface area contributed by atoms with Crippen molar-refractivity contribution in [2.75, 3.05) is 18.5 Å². The molecule has 0 aliphatic carbocycles. The molecule has 2 aromatic rings. The average molecular weight is 248 g/mol. The van der Waals surface area contributed by atoms with Gasteiger partial charge in [-0.1, -0.05) is 13.8 Å². The molecule has 0 fully saturated rings. The molecule has 0 amide bonds. The lowest BCUT2D eigenvalue weighted by Crippen LogP contribution is -2.31. The second-order valence-corrected chi connectivity index (χ2v) is 4.59. The Morgan fingerprint density at radius 1 is 1.39 bits per heavy atom. The van der Waals surface area contributed by atoms with E-state index < -0.39 is 0 Å². The quantitative estimate of drug-likeness (QED) is 0.851. The van der Waals surface area contributed by atoms with Crippen molar-refractivity contribution in [2.24, 2.45) is 5.92 Å². The number of ether oxygens (including phenoxy) is 1. The monoisotopic (exact) mass is 248 g/mol. The van der Waals surface area contributed by atoms with E-state index in [1.165, 1.54) is 0 Å². The zero-order chi connectivity index (χ0) is 13.0. The van der Waals surface area contributed by atoms with Gasteiger partial charge in [-0.3, -0.25) is 0 Å². The minimum atomic E-state index is 0.249. The Kier molecular flexibility index (Phi) is 4.15. The molecule has 0 aliphatic rings. The van der Waals surface area contributed by atoms with Crippen LogP contribution in [-0.2, 0) is 4.74 Å². The van der Waals surface area contributed by atoms with Gasteiger partial charge < -0.3 is 10.1 Å². The highest BCUT2D eigenvalue weighted by atomic mass is 16.5. The molecule has 1 atom stereocenters. The van der Waals surface area contributed by atoms with E-state index in [4.69, 9.17) is 4.74 Å². The molecule has 2 rings (SSSR count). The van der Waals surface area contributed by atoms with Gasteiger partial charge in [-0.2, -0.15) is 5.10 Å². The van der Waals surface area contributed by atoms with Crippen molar-refractivity contribution in [3.05, 3.63) is 24.7 Å². The molecule has 0 saturated carbocycles. The predicted octanol–water partition coefficient (Wildman–Crippen LogP) is 2.20. The summed E-state index contributed by atoms with van der Waals surface area (Å²) in [4.78, 5) is 4.38. The van der Waals surface area contributed by atoms with E-state index in [9.17, 15) is 0 Å². The number of hydrogen-bond donors (Lipinski definition) is 1. The third-order valence-corrected chi connectivity index (χ3v) is 2.95. The maximum Gasteiger partial charge on any atom is 0.152 e. The normalized spacial score (nSPS) is 13.1. The molecule has 0 saturated heterocycles. The number of aromatic nitrogens is 3. The van der Waals surface area contributed by atoms with Crippen molar-refractivity contribution < 1.29 is 4.74 Å². The van der Waals surface area contributed by atoms with Crippen molar-refractivity contribution >= 4 is 11.3 Å². The zero-order valence-electron chi connectivity index (χ0n) is 11.1. The summed E-state index contributed by atoms with van der Waals surface area (Å²) in [6, 6.07) is 2.20. The van der Waals surface area contributed by atoms with E-state index in [1.807, 2.05) is 23.7 Å². The molecule has 18 heavy (non-hydrogen) atoms. The highest BCUT2D eigenvalue weighted by Gasteiger charge is 2.15. The number of nitrogens with zero attached hydrogens (tertiary/aromatic N) is 3. The van der Waals surface area contributed by atoms with Crippen LogP contribution < -0.4 is 5.32 Å². The zero-order valence-corrected chi connectivity index (χ0v) is 11.1. The molecule has 0 aliphatic heterocycles. The first-order valence-corrected chi connectivity index (χ1v) is 6.35. The first kappa shape index (κ1) is 12.8. The molecule has 2 aromatic heterocycles. The Hall–Kier alpha value is -1.62. The van der Waals surface area contributed by atoms with Crippen molar-refractivity contribution in [3.8, 4) is 0 Å². The average Bonchev–Trinajstić information content (AvgIpc) is 2.83. The third kappa shape index (κ3) is 2.79. The molecule has 5 nitrogen and oxygen atoms in total. The molecule has 0 spiro atoms. The van der Waals surface area contributed by atoms with Gasteiger partial charge in [0.15, 0.2) is 5.82 Å². The van der Waals surface area contributed by atoms with Crippen LogP contribution in [0.5, 0.6) is 0 Å². The van der Waals surface area contributed by atoms with Crippen molar-refractivity contribution in [1.29, 1.82) is 0 Å². The Balaban J connectivity index is 2.17. The van der Waals surface area contributed by atoms with Crippen LogP contribution in [0.3, 0.4) is 0 Å². The summed E-state index contributed by atoms with van der Waals surface area (Å²) in [7, 11) is 0. The van der Waals surface area contributed by atoms with E-state index in [1.54, 1.807) is 12.4 Å². The van der Waals surface area contributed by atoms with Gasteiger partial charge in [-0.25, -0.2) is 9.50 Å². The van der Waals surface area contributed by atoms with Gasteiger partial charge in [0, 0.05) is 19.0 Å². The molecule has 0 bridgehead atoms. The fraction of sp³-hybridized carbons (Fsp3) is 0.538. The van der Waals surface area contributed by atoms with Gasteiger partial charge in [0.2, 0.25) is 0 Å². The molecular formula is C13H20N4O. The van der Waals surface area contributed by atoms with Crippen molar-refractivity contribution in [3.63, 3.8) is 0 Å². The summed E-state index contributed by atoms with van der Waals surface area (Å²) in [6.45, 7) is 7.77. The third-order valence-electron chi connectivity index (χ3n) is 2.95. The summed E-state index contributed by atoms with van der Waals surface area (Å²) in [5, 5.41) is 7.64. The number of rotatable bonds is 6. The number of hydrogen-bond acceptors (Lipinski definition) is 4. The van der Waals surface area contributed by atoms with E-state index in [0.717, 1.165) is 17.9 Å². The summed E-state index contributed by atoms with van der Waals surface area (Å²) < 4.78 is 7.32. The Morgan fingerprint density at radius 3 is 2.94 bits per heavy atom. The molecule has 5 heteroatoms. The van der Waals surface area contributed by atoms with E-state index in [0.29, 0.717) is 12.5 Å². The molecule has 1 unspecified atom stereocenters. The summed E-state index contributed by atoms with van der Waals surface area (Å²) >= 11 is 0. The molecule has 98 valence electrons. The lowest BCUT2D eigenvalue weighted by molar-refractivity contribution is 0.126. The molecule has 1 N–H and O–H groups in total. The van der Waals surface area contributed by atoms with Crippen LogP contribution in [0.2, 0.25) is 0 Å². The van der Waals surface area contributed by atoms with Gasteiger partial charge in [0.1, 0.15) is 5.52 Å².